The fourth-order valence-electron chi connectivity index (χ4n) is 3.61. The highest BCUT2D eigenvalue weighted by atomic mass is 16.2. The lowest BCUT2D eigenvalue weighted by atomic mass is 9.82. The van der Waals surface area contributed by atoms with Crippen LogP contribution in [0.25, 0.3) is 0 Å². The zero-order chi connectivity index (χ0) is 17.8. The first-order chi connectivity index (χ1) is 12.1. The second kappa shape index (κ2) is 7.53. The molecule has 1 unspecified atom stereocenters. The minimum Gasteiger partial charge on any atom is -0.335 e. The van der Waals surface area contributed by atoms with Crippen molar-refractivity contribution in [3.63, 3.8) is 0 Å². The van der Waals surface area contributed by atoms with E-state index in [9.17, 15) is 4.79 Å². The second-order valence-corrected chi connectivity index (χ2v) is 7.01. The van der Waals surface area contributed by atoms with Crippen LogP contribution >= 0.6 is 0 Å². The number of carbonyl (C=O) groups excluding carboxylic acids is 1. The lowest BCUT2D eigenvalue weighted by Crippen LogP contribution is -2.40. The van der Waals surface area contributed by atoms with Gasteiger partial charge in [-0.05, 0) is 61.9 Å². The van der Waals surface area contributed by atoms with Gasteiger partial charge in [-0.2, -0.15) is 5.26 Å². The first-order valence-corrected chi connectivity index (χ1v) is 8.97. The van der Waals surface area contributed by atoms with Crippen LogP contribution in [0, 0.1) is 11.3 Å². The summed E-state index contributed by atoms with van der Waals surface area (Å²) in [7, 11) is 0. The standard InChI is InChI=1S/C22H24N2O/c1-16(2)24(15-18-12-10-17(14-23)11-13-18)22(25)21-9-5-7-19-6-3-4-8-20(19)21/h3-4,6,8,10-13,16,21H,5,7,9,15H2,1-2H3. The summed E-state index contributed by atoms with van der Waals surface area (Å²) in [6.07, 6.45) is 3.06. The Kier molecular flexibility index (Phi) is 5.19. The number of rotatable bonds is 4. The number of benzene rings is 2. The molecule has 0 saturated heterocycles. The van der Waals surface area contributed by atoms with Gasteiger partial charge in [0.2, 0.25) is 5.91 Å². The van der Waals surface area contributed by atoms with Crippen molar-refractivity contribution in [3.8, 4) is 6.07 Å². The van der Waals surface area contributed by atoms with E-state index in [2.05, 4.69) is 38.1 Å². The van der Waals surface area contributed by atoms with Gasteiger partial charge in [-0.25, -0.2) is 0 Å². The van der Waals surface area contributed by atoms with Crippen molar-refractivity contribution in [2.75, 3.05) is 0 Å². The topological polar surface area (TPSA) is 44.1 Å². The van der Waals surface area contributed by atoms with Crippen LogP contribution in [0.15, 0.2) is 48.5 Å². The molecule has 3 nitrogen and oxygen atoms in total. The molecule has 0 saturated carbocycles. The number of amides is 1. The van der Waals surface area contributed by atoms with Crippen LogP contribution in [0.1, 0.15) is 54.9 Å². The molecule has 25 heavy (non-hydrogen) atoms. The van der Waals surface area contributed by atoms with Crippen molar-refractivity contribution in [3.05, 3.63) is 70.8 Å². The highest BCUT2D eigenvalue weighted by molar-refractivity contribution is 5.84. The summed E-state index contributed by atoms with van der Waals surface area (Å²) in [6, 6.07) is 18.1. The van der Waals surface area contributed by atoms with Gasteiger partial charge in [0.1, 0.15) is 0 Å². The van der Waals surface area contributed by atoms with Crippen LogP contribution in [0.5, 0.6) is 0 Å². The molecule has 0 heterocycles. The van der Waals surface area contributed by atoms with Crippen LogP contribution in [0.4, 0.5) is 0 Å². The zero-order valence-corrected chi connectivity index (χ0v) is 14.9. The third-order valence-corrected chi connectivity index (χ3v) is 5.01. The molecule has 0 aromatic heterocycles. The third-order valence-electron chi connectivity index (χ3n) is 5.01. The third kappa shape index (κ3) is 3.74. The monoisotopic (exact) mass is 332 g/mol. The van der Waals surface area contributed by atoms with Crippen molar-refractivity contribution in [2.45, 2.75) is 51.6 Å². The van der Waals surface area contributed by atoms with Crippen LogP contribution < -0.4 is 0 Å². The molecule has 1 atom stereocenters. The minimum absolute atomic E-state index is 0.0364. The van der Waals surface area contributed by atoms with Crippen LogP contribution in [-0.2, 0) is 17.8 Å². The van der Waals surface area contributed by atoms with Gasteiger partial charge in [0.05, 0.1) is 17.6 Å². The highest BCUT2D eigenvalue weighted by Crippen LogP contribution is 2.33. The first-order valence-electron chi connectivity index (χ1n) is 8.97. The molecule has 0 N–H and O–H groups in total. The zero-order valence-electron chi connectivity index (χ0n) is 14.9. The van der Waals surface area contributed by atoms with Crippen LogP contribution in [-0.4, -0.2) is 16.8 Å². The van der Waals surface area contributed by atoms with Crippen molar-refractivity contribution in [1.29, 1.82) is 5.26 Å². The Morgan fingerprint density at radius 2 is 1.92 bits per heavy atom. The number of fused-ring (bicyclic) bond motifs is 1. The van der Waals surface area contributed by atoms with Gasteiger partial charge in [0, 0.05) is 12.6 Å². The maximum atomic E-state index is 13.3. The molecule has 2 aromatic carbocycles. The summed E-state index contributed by atoms with van der Waals surface area (Å²) in [5.74, 6) is 0.178. The number of hydrogen-bond acceptors (Lipinski definition) is 2. The van der Waals surface area contributed by atoms with Gasteiger partial charge < -0.3 is 4.90 Å². The minimum atomic E-state index is -0.0364. The number of hydrogen-bond donors (Lipinski definition) is 0. The van der Waals surface area contributed by atoms with E-state index in [-0.39, 0.29) is 17.9 Å². The molecule has 3 heteroatoms. The largest absolute Gasteiger partial charge is 0.335 e. The Labute approximate surface area is 149 Å². The molecule has 0 aliphatic heterocycles. The van der Waals surface area contributed by atoms with E-state index >= 15 is 0 Å². The first kappa shape index (κ1) is 17.2. The summed E-state index contributed by atoms with van der Waals surface area (Å²) in [4.78, 5) is 15.3. The van der Waals surface area contributed by atoms with Crippen molar-refractivity contribution >= 4 is 5.91 Å². The predicted octanol–water partition coefficient (Wildman–Crippen LogP) is 4.42. The van der Waals surface area contributed by atoms with Gasteiger partial charge in [0.15, 0.2) is 0 Å². The number of nitriles is 1. The summed E-state index contributed by atoms with van der Waals surface area (Å²) in [5, 5.41) is 8.94. The lowest BCUT2D eigenvalue weighted by Gasteiger charge is -2.33. The molecule has 0 fully saturated rings. The molecule has 1 amide bonds. The quantitative estimate of drug-likeness (QED) is 0.832. The number of nitrogens with zero attached hydrogens (tertiary/aromatic N) is 2. The molecule has 2 aromatic rings. The number of aryl methyl sites for hydroxylation is 1. The van der Waals surface area contributed by atoms with Crippen molar-refractivity contribution in [1.82, 2.24) is 4.90 Å². The van der Waals surface area contributed by atoms with Gasteiger partial charge in [-0.15, -0.1) is 0 Å². The second-order valence-electron chi connectivity index (χ2n) is 7.01. The smallest absolute Gasteiger partial charge is 0.230 e. The number of carbonyl (C=O) groups is 1. The van der Waals surface area contributed by atoms with E-state index in [4.69, 9.17) is 5.26 Å². The average Bonchev–Trinajstić information content (AvgIpc) is 2.65. The van der Waals surface area contributed by atoms with E-state index in [0.717, 1.165) is 24.8 Å². The molecule has 0 radical (unpaired) electrons. The Morgan fingerprint density at radius 1 is 1.20 bits per heavy atom. The Bertz CT molecular complexity index is 786. The molecule has 1 aliphatic rings. The lowest BCUT2D eigenvalue weighted by molar-refractivity contribution is -0.135. The van der Waals surface area contributed by atoms with Crippen molar-refractivity contribution in [2.24, 2.45) is 0 Å². The molecule has 0 bridgehead atoms. The van der Waals surface area contributed by atoms with Crippen molar-refractivity contribution < 1.29 is 4.79 Å². The maximum absolute atomic E-state index is 13.3. The molecule has 0 spiro atoms. The molecule has 1 aliphatic carbocycles. The Hall–Kier alpha value is -2.60. The van der Waals surface area contributed by atoms with E-state index in [1.54, 1.807) is 0 Å². The van der Waals surface area contributed by atoms with Gasteiger partial charge >= 0.3 is 0 Å². The highest BCUT2D eigenvalue weighted by Gasteiger charge is 2.30. The van der Waals surface area contributed by atoms with E-state index in [1.165, 1.54) is 11.1 Å². The van der Waals surface area contributed by atoms with Gasteiger partial charge in [0.25, 0.3) is 0 Å². The van der Waals surface area contributed by atoms with Crippen LogP contribution in [0.3, 0.4) is 0 Å². The fraction of sp³-hybridized carbons (Fsp3) is 0.364. The summed E-state index contributed by atoms with van der Waals surface area (Å²) >= 11 is 0. The Balaban J connectivity index is 1.83. The Morgan fingerprint density at radius 3 is 2.60 bits per heavy atom. The predicted molar refractivity (Wildman–Crippen MR) is 99.0 cm³/mol. The van der Waals surface area contributed by atoms with E-state index in [0.29, 0.717) is 12.1 Å². The van der Waals surface area contributed by atoms with E-state index in [1.807, 2.05) is 35.2 Å². The SMILES string of the molecule is CC(C)N(Cc1ccc(C#N)cc1)C(=O)C1CCCc2ccccc21. The maximum Gasteiger partial charge on any atom is 0.230 e. The molecule has 128 valence electrons. The van der Waals surface area contributed by atoms with Gasteiger partial charge in [-0.1, -0.05) is 36.4 Å². The normalized spacial score (nSPS) is 16.2. The summed E-state index contributed by atoms with van der Waals surface area (Å²) < 4.78 is 0. The average molecular weight is 332 g/mol. The molecular weight excluding hydrogens is 308 g/mol. The van der Waals surface area contributed by atoms with Crippen LogP contribution in [0.2, 0.25) is 0 Å². The molecular formula is C22H24N2O. The van der Waals surface area contributed by atoms with E-state index < -0.39 is 0 Å². The summed E-state index contributed by atoms with van der Waals surface area (Å²) in [6.45, 7) is 4.72. The molecule has 3 rings (SSSR count). The van der Waals surface area contributed by atoms with Gasteiger partial charge in [-0.3, -0.25) is 4.79 Å². The fourth-order valence-corrected chi connectivity index (χ4v) is 3.61. The summed E-state index contributed by atoms with van der Waals surface area (Å²) in [5.41, 5.74) is 4.22.